The molecule has 0 aromatic heterocycles. The van der Waals surface area contributed by atoms with Crippen LogP contribution in [0.5, 0.6) is 0 Å². The van der Waals surface area contributed by atoms with Crippen molar-refractivity contribution in [2.75, 3.05) is 6.61 Å². The highest BCUT2D eigenvalue weighted by Crippen LogP contribution is 2.10. The van der Waals surface area contributed by atoms with E-state index >= 15 is 0 Å². The van der Waals surface area contributed by atoms with Gasteiger partial charge in [0.1, 0.15) is 0 Å². The molecule has 0 rings (SSSR count). The van der Waals surface area contributed by atoms with Gasteiger partial charge in [-0.15, -0.1) is 0 Å². The van der Waals surface area contributed by atoms with E-state index in [2.05, 4.69) is 13.5 Å². The van der Waals surface area contributed by atoms with Gasteiger partial charge in [0, 0.05) is 5.57 Å². The van der Waals surface area contributed by atoms with E-state index in [1.54, 1.807) is 13.8 Å². The molecule has 0 N–H and O–H groups in total. The molecule has 0 radical (unpaired) electrons. The Morgan fingerprint density at radius 2 is 1.35 bits per heavy atom. The zero-order valence-electron chi connectivity index (χ0n) is 15.3. The molecule has 0 spiro atoms. The Labute approximate surface area is 142 Å². The fourth-order valence-corrected chi connectivity index (χ4v) is 2.25. The largest absolute Gasteiger partial charge is 0.462 e. The first-order chi connectivity index (χ1) is 11.0. The summed E-state index contributed by atoms with van der Waals surface area (Å²) in [4.78, 5) is 23.1. The van der Waals surface area contributed by atoms with Gasteiger partial charge in [-0.05, 0) is 31.9 Å². The summed E-state index contributed by atoms with van der Waals surface area (Å²) in [7, 11) is 0. The maximum absolute atomic E-state index is 11.7. The summed E-state index contributed by atoms with van der Waals surface area (Å²) < 4.78 is 5.17. The molecule has 132 valence electrons. The van der Waals surface area contributed by atoms with Gasteiger partial charge in [-0.25, -0.2) is 4.79 Å². The van der Waals surface area contributed by atoms with E-state index in [1.807, 2.05) is 0 Å². The van der Waals surface area contributed by atoms with Crippen LogP contribution in [0.25, 0.3) is 0 Å². The Balaban J connectivity index is 3.56. The zero-order valence-corrected chi connectivity index (χ0v) is 15.3. The Hall–Kier alpha value is -1.38. The van der Waals surface area contributed by atoms with E-state index in [0.717, 1.165) is 12.8 Å². The number of carbonyl (C=O) groups excluding carboxylic acids is 2. The summed E-state index contributed by atoms with van der Waals surface area (Å²) >= 11 is 0. The molecule has 0 aromatic rings. The maximum atomic E-state index is 11.7. The maximum Gasteiger partial charge on any atom is 0.333 e. The number of ether oxygens (including phenoxy) is 1. The molecule has 3 nitrogen and oxygen atoms in total. The van der Waals surface area contributed by atoms with Gasteiger partial charge in [0.2, 0.25) is 0 Å². The summed E-state index contributed by atoms with van der Waals surface area (Å²) in [5.41, 5.74) is 0.761. The minimum Gasteiger partial charge on any atom is -0.462 e. The predicted octanol–water partition coefficient (Wildman–Crippen LogP) is 5.54. The summed E-state index contributed by atoms with van der Waals surface area (Å²) in [6.45, 7) is 9.45. The van der Waals surface area contributed by atoms with Gasteiger partial charge < -0.3 is 4.74 Å². The Bertz CT molecular complexity index is 394. The smallest absolute Gasteiger partial charge is 0.333 e. The lowest BCUT2D eigenvalue weighted by atomic mass is 10.1. The SMILES string of the molecule is C=C(C)C(=O)C=C(C)C(=O)OCCCCCCCCCCCC. The fourth-order valence-electron chi connectivity index (χ4n) is 2.25. The number of ketones is 1. The van der Waals surface area contributed by atoms with Gasteiger partial charge in [0.05, 0.1) is 6.61 Å². The third-order valence-electron chi connectivity index (χ3n) is 3.82. The first kappa shape index (κ1) is 21.6. The molecule has 0 bridgehead atoms. The van der Waals surface area contributed by atoms with E-state index in [-0.39, 0.29) is 5.78 Å². The van der Waals surface area contributed by atoms with Crippen molar-refractivity contribution in [3.8, 4) is 0 Å². The third-order valence-corrected chi connectivity index (χ3v) is 3.82. The van der Waals surface area contributed by atoms with Crippen molar-refractivity contribution in [3.05, 3.63) is 23.8 Å². The van der Waals surface area contributed by atoms with Crippen molar-refractivity contribution in [3.63, 3.8) is 0 Å². The Morgan fingerprint density at radius 3 is 1.83 bits per heavy atom. The molecule has 0 aliphatic heterocycles. The molecule has 0 amide bonds. The predicted molar refractivity (Wildman–Crippen MR) is 96.4 cm³/mol. The average molecular weight is 322 g/mol. The van der Waals surface area contributed by atoms with E-state index in [4.69, 9.17) is 4.74 Å². The van der Waals surface area contributed by atoms with Gasteiger partial charge in [-0.1, -0.05) is 71.3 Å². The summed E-state index contributed by atoms with van der Waals surface area (Å²) in [6.07, 6.45) is 13.8. The molecule has 0 saturated heterocycles. The first-order valence-electron chi connectivity index (χ1n) is 9.04. The highest BCUT2D eigenvalue weighted by atomic mass is 16.5. The second kappa shape index (κ2) is 14.2. The highest BCUT2D eigenvalue weighted by Gasteiger charge is 2.08. The van der Waals surface area contributed by atoms with E-state index in [9.17, 15) is 9.59 Å². The summed E-state index contributed by atoms with van der Waals surface area (Å²) in [5.74, 6) is -0.631. The molecule has 0 unspecified atom stereocenters. The number of allylic oxidation sites excluding steroid dienone is 2. The zero-order chi connectivity index (χ0) is 17.5. The highest BCUT2D eigenvalue weighted by molar-refractivity contribution is 6.07. The topological polar surface area (TPSA) is 43.4 Å². The minimum atomic E-state index is -0.407. The lowest BCUT2D eigenvalue weighted by Crippen LogP contribution is -2.09. The van der Waals surface area contributed by atoms with Crippen molar-refractivity contribution in [1.82, 2.24) is 0 Å². The molecular weight excluding hydrogens is 288 g/mol. The molecule has 23 heavy (non-hydrogen) atoms. The molecule has 0 aromatic carbocycles. The fraction of sp³-hybridized carbons (Fsp3) is 0.700. The van der Waals surface area contributed by atoms with Gasteiger partial charge in [-0.2, -0.15) is 0 Å². The lowest BCUT2D eigenvalue weighted by molar-refractivity contribution is -0.139. The van der Waals surface area contributed by atoms with Crippen LogP contribution in [0.4, 0.5) is 0 Å². The molecule has 0 aliphatic rings. The van der Waals surface area contributed by atoms with Crippen LogP contribution in [-0.4, -0.2) is 18.4 Å². The van der Waals surface area contributed by atoms with Crippen LogP contribution in [0.15, 0.2) is 23.8 Å². The van der Waals surface area contributed by atoms with Crippen LogP contribution in [0, 0.1) is 0 Å². The van der Waals surface area contributed by atoms with Crippen molar-refractivity contribution >= 4 is 11.8 Å². The van der Waals surface area contributed by atoms with Gasteiger partial charge in [-0.3, -0.25) is 4.79 Å². The molecule has 0 fully saturated rings. The second-order valence-electron chi connectivity index (χ2n) is 6.29. The second-order valence-corrected chi connectivity index (χ2v) is 6.29. The van der Waals surface area contributed by atoms with Crippen molar-refractivity contribution in [1.29, 1.82) is 0 Å². The van der Waals surface area contributed by atoms with Crippen LogP contribution >= 0.6 is 0 Å². The first-order valence-corrected chi connectivity index (χ1v) is 9.04. The van der Waals surface area contributed by atoms with Gasteiger partial charge in [0.25, 0.3) is 0 Å². The standard InChI is InChI=1S/C20H34O3/c1-5-6-7-8-9-10-11-12-13-14-15-23-20(22)18(4)16-19(21)17(2)3/h16H,2,5-15H2,1,3-4H3. The van der Waals surface area contributed by atoms with Gasteiger partial charge >= 0.3 is 5.97 Å². The van der Waals surface area contributed by atoms with Crippen LogP contribution in [0.2, 0.25) is 0 Å². The third kappa shape index (κ3) is 12.8. The molecule has 3 heteroatoms. The minimum absolute atomic E-state index is 0.224. The quantitative estimate of drug-likeness (QED) is 0.239. The molecule has 0 heterocycles. The number of rotatable bonds is 14. The summed E-state index contributed by atoms with van der Waals surface area (Å²) in [6, 6.07) is 0. The molecule has 0 saturated carbocycles. The number of carbonyl (C=O) groups is 2. The summed E-state index contributed by atoms with van der Waals surface area (Å²) in [5, 5.41) is 0. The normalized spacial score (nSPS) is 11.3. The number of hydrogen-bond acceptors (Lipinski definition) is 3. The van der Waals surface area contributed by atoms with Crippen molar-refractivity contribution in [2.24, 2.45) is 0 Å². The monoisotopic (exact) mass is 322 g/mol. The number of esters is 1. The molecular formula is C20H34O3. The molecule has 0 aliphatic carbocycles. The molecule has 0 atom stereocenters. The lowest BCUT2D eigenvalue weighted by Gasteiger charge is -2.05. The van der Waals surface area contributed by atoms with Crippen LogP contribution < -0.4 is 0 Å². The average Bonchev–Trinajstić information content (AvgIpc) is 2.52. The van der Waals surface area contributed by atoms with E-state index in [1.165, 1.54) is 57.4 Å². The van der Waals surface area contributed by atoms with Crippen LogP contribution in [-0.2, 0) is 14.3 Å². The Kier molecular flexibility index (Phi) is 13.4. The number of hydrogen-bond donors (Lipinski definition) is 0. The van der Waals surface area contributed by atoms with Crippen LogP contribution in [0.3, 0.4) is 0 Å². The van der Waals surface area contributed by atoms with Crippen molar-refractivity contribution < 1.29 is 14.3 Å². The van der Waals surface area contributed by atoms with E-state index in [0.29, 0.717) is 17.8 Å². The Morgan fingerprint density at radius 1 is 0.870 bits per heavy atom. The van der Waals surface area contributed by atoms with Crippen molar-refractivity contribution in [2.45, 2.75) is 85.0 Å². The number of unbranched alkanes of at least 4 members (excludes halogenated alkanes) is 9. The van der Waals surface area contributed by atoms with Crippen LogP contribution in [0.1, 0.15) is 85.0 Å². The van der Waals surface area contributed by atoms with Gasteiger partial charge in [0.15, 0.2) is 5.78 Å². The van der Waals surface area contributed by atoms with E-state index < -0.39 is 5.97 Å².